The Labute approximate surface area is 201 Å². The Kier molecular flexibility index (Phi) is 6.32. The molecule has 0 aliphatic carbocycles. The number of aromatic nitrogens is 2. The van der Waals surface area contributed by atoms with Crippen LogP contribution in [0.3, 0.4) is 0 Å². The van der Waals surface area contributed by atoms with E-state index in [0.717, 1.165) is 38.1 Å². The predicted molar refractivity (Wildman–Crippen MR) is 124 cm³/mol. The Morgan fingerprint density at radius 2 is 1.77 bits per heavy atom. The number of amides is 1. The first-order chi connectivity index (χ1) is 16.9. The lowest BCUT2D eigenvalue weighted by atomic mass is 9.99. The minimum absolute atomic E-state index is 0.0136. The van der Waals surface area contributed by atoms with Gasteiger partial charge in [-0.05, 0) is 43.0 Å². The van der Waals surface area contributed by atoms with E-state index in [-0.39, 0.29) is 23.7 Å². The summed E-state index contributed by atoms with van der Waals surface area (Å²) in [7, 11) is 0. The molecule has 6 nitrogen and oxygen atoms in total. The molecule has 2 aliphatic rings. The van der Waals surface area contributed by atoms with Crippen molar-refractivity contribution in [2.75, 3.05) is 24.5 Å². The van der Waals surface area contributed by atoms with Crippen molar-refractivity contribution >= 4 is 11.9 Å². The molecule has 2 aliphatic heterocycles. The van der Waals surface area contributed by atoms with Gasteiger partial charge in [0.05, 0.1) is 23.4 Å². The number of hydrogen-bond donors (Lipinski definition) is 0. The van der Waals surface area contributed by atoms with E-state index < -0.39 is 23.4 Å². The summed E-state index contributed by atoms with van der Waals surface area (Å²) in [5, 5.41) is 0. The summed E-state index contributed by atoms with van der Waals surface area (Å²) in [4.78, 5) is 26.0. The molecule has 1 amide bonds. The van der Waals surface area contributed by atoms with Crippen LogP contribution in [0.1, 0.15) is 41.4 Å². The van der Waals surface area contributed by atoms with Gasteiger partial charge in [0.1, 0.15) is 11.6 Å². The number of para-hydroxylation sites is 1. The van der Waals surface area contributed by atoms with E-state index in [9.17, 15) is 18.0 Å². The van der Waals surface area contributed by atoms with Gasteiger partial charge in [0.2, 0.25) is 11.8 Å². The van der Waals surface area contributed by atoms with Crippen LogP contribution in [0, 0.1) is 23.4 Å². The molecule has 0 spiro atoms. The third kappa shape index (κ3) is 4.80. The summed E-state index contributed by atoms with van der Waals surface area (Å²) in [6, 6.07) is 8.90. The molecule has 3 aromatic rings. The highest BCUT2D eigenvalue weighted by Crippen LogP contribution is 2.34. The van der Waals surface area contributed by atoms with Crippen LogP contribution in [-0.2, 0) is 13.0 Å². The van der Waals surface area contributed by atoms with Gasteiger partial charge in [0.25, 0.3) is 5.91 Å². The smallest absolute Gasteiger partial charge is 0.257 e. The van der Waals surface area contributed by atoms with E-state index in [1.54, 1.807) is 12.1 Å². The van der Waals surface area contributed by atoms with Crippen LogP contribution >= 0.6 is 0 Å². The van der Waals surface area contributed by atoms with Crippen molar-refractivity contribution in [2.45, 2.75) is 32.7 Å². The third-order valence-electron chi connectivity index (χ3n) is 6.57. The maximum atomic E-state index is 14.4. The number of hydrogen-bond acceptors (Lipinski definition) is 5. The highest BCUT2D eigenvalue weighted by atomic mass is 19.1. The molecule has 1 saturated heterocycles. The second-order valence-electron chi connectivity index (χ2n) is 9.06. The fraction of sp³-hybridized carbons (Fsp3) is 0.346. The normalized spacial score (nSPS) is 16.2. The van der Waals surface area contributed by atoms with Crippen LogP contribution in [0.4, 0.5) is 19.1 Å². The largest absolute Gasteiger partial charge is 0.435 e. The number of piperidine rings is 1. The van der Waals surface area contributed by atoms with E-state index in [1.165, 1.54) is 17.0 Å². The average Bonchev–Trinajstić information content (AvgIpc) is 2.85. The van der Waals surface area contributed by atoms with Gasteiger partial charge in [-0.2, -0.15) is 4.98 Å². The van der Waals surface area contributed by atoms with Gasteiger partial charge in [0.15, 0.2) is 11.6 Å². The van der Waals surface area contributed by atoms with Crippen molar-refractivity contribution in [3.8, 4) is 11.6 Å². The molecule has 9 heteroatoms. The minimum Gasteiger partial charge on any atom is -0.435 e. The van der Waals surface area contributed by atoms with Gasteiger partial charge in [-0.3, -0.25) is 4.79 Å². The lowest BCUT2D eigenvalue weighted by Gasteiger charge is -2.33. The molecule has 0 unspecified atom stereocenters. The van der Waals surface area contributed by atoms with E-state index in [2.05, 4.69) is 16.8 Å². The van der Waals surface area contributed by atoms with Crippen LogP contribution in [0.2, 0.25) is 0 Å². The maximum Gasteiger partial charge on any atom is 0.257 e. The molecule has 1 aromatic heterocycles. The Morgan fingerprint density at radius 1 is 1.00 bits per heavy atom. The van der Waals surface area contributed by atoms with Crippen LogP contribution in [-0.4, -0.2) is 40.4 Å². The first kappa shape index (κ1) is 23.1. The number of ether oxygens (including phenoxy) is 1. The molecule has 0 atom stereocenters. The zero-order valence-electron chi connectivity index (χ0n) is 19.3. The molecule has 182 valence electrons. The molecule has 3 heterocycles. The van der Waals surface area contributed by atoms with Crippen molar-refractivity contribution in [2.24, 2.45) is 5.92 Å². The SMILES string of the molecule is CC1CCN(c2nc3c(c(Oc4ccccc4F)n2)CN(C(=O)c2ccc(F)cc2F)CC3)CC1. The van der Waals surface area contributed by atoms with Crippen LogP contribution < -0.4 is 9.64 Å². The molecule has 0 N–H and O–H groups in total. The Morgan fingerprint density at radius 3 is 2.51 bits per heavy atom. The fourth-order valence-electron chi connectivity index (χ4n) is 4.44. The number of fused-ring (bicyclic) bond motifs is 1. The van der Waals surface area contributed by atoms with Crippen molar-refractivity contribution < 1.29 is 22.7 Å². The van der Waals surface area contributed by atoms with Crippen molar-refractivity contribution in [1.82, 2.24) is 14.9 Å². The van der Waals surface area contributed by atoms with Crippen LogP contribution in [0.25, 0.3) is 0 Å². The highest BCUT2D eigenvalue weighted by molar-refractivity contribution is 5.94. The second kappa shape index (κ2) is 9.56. The number of anilines is 1. The number of nitrogens with zero attached hydrogens (tertiary/aromatic N) is 4. The van der Waals surface area contributed by atoms with E-state index in [0.29, 0.717) is 42.2 Å². The quantitative estimate of drug-likeness (QED) is 0.517. The van der Waals surface area contributed by atoms with E-state index >= 15 is 0 Å². The predicted octanol–water partition coefficient (Wildman–Crippen LogP) is 5.12. The molecule has 1 fully saturated rings. The molecule has 35 heavy (non-hydrogen) atoms. The lowest BCUT2D eigenvalue weighted by Crippen LogP contribution is -2.38. The number of carbonyl (C=O) groups excluding carboxylic acids is 1. The van der Waals surface area contributed by atoms with Gasteiger partial charge >= 0.3 is 0 Å². The van der Waals surface area contributed by atoms with Crippen molar-refractivity contribution in [3.05, 3.63) is 76.7 Å². The van der Waals surface area contributed by atoms with Gasteiger partial charge in [-0.15, -0.1) is 0 Å². The standard InChI is InChI=1S/C26H25F3N4O2/c1-16-8-11-32(12-9-16)26-30-22-10-13-33(25(34)18-7-6-17(27)14-21(18)29)15-19(22)24(31-26)35-23-5-3-2-4-20(23)28/h2-7,14,16H,8-13,15H2,1H3. The van der Waals surface area contributed by atoms with Crippen LogP contribution in [0.5, 0.6) is 11.6 Å². The summed E-state index contributed by atoms with van der Waals surface area (Å²) in [6.07, 6.45) is 2.45. The van der Waals surface area contributed by atoms with Gasteiger partial charge in [-0.1, -0.05) is 19.1 Å². The van der Waals surface area contributed by atoms with Gasteiger partial charge < -0.3 is 14.5 Å². The van der Waals surface area contributed by atoms with Crippen molar-refractivity contribution in [1.29, 1.82) is 0 Å². The lowest BCUT2D eigenvalue weighted by molar-refractivity contribution is 0.0727. The summed E-state index contributed by atoms with van der Waals surface area (Å²) in [6.45, 7) is 4.20. The van der Waals surface area contributed by atoms with Crippen molar-refractivity contribution in [3.63, 3.8) is 0 Å². The molecule has 0 radical (unpaired) electrons. The molecule has 5 rings (SSSR count). The molecular formula is C26H25F3N4O2. The number of rotatable bonds is 4. The number of halogens is 3. The highest BCUT2D eigenvalue weighted by Gasteiger charge is 2.30. The van der Waals surface area contributed by atoms with Crippen LogP contribution in [0.15, 0.2) is 42.5 Å². The van der Waals surface area contributed by atoms with Gasteiger partial charge in [0, 0.05) is 32.1 Å². The Bertz CT molecular complexity index is 1260. The second-order valence-corrected chi connectivity index (χ2v) is 9.06. The Hall–Kier alpha value is -3.62. The minimum atomic E-state index is -0.922. The summed E-state index contributed by atoms with van der Waals surface area (Å²) in [5.74, 6) is -1.45. The first-order valence-corrected chi connectivity index (χ1v) is 11.7. The third-order valence-corrected chi connectivity index (χ3v) is 6.57. The zero-order chi connectivity index (χ0) is 24.5. The number of carbonyl (C=O) groups is 1. The molecular weight excluding hydrogens is 457 g/mol. The maximum absolute atomic E-state index is 14.4. The summed E-state index contributed by atoms with van der Waals surface area (Å²) < 4.78 is 47.9. The summed E-state index contributed by atoms with van der Waals surface area (Å²) in [5.41, 5.74) is 1.04. The first-order valence-electron chi connectivity index (χ1n) is 11.7. The topological polar surface area (TPSA) is 58.6 Å². The molecule has 0 bridgehead atoms. The zero-order valence-corrected chi connectivity index (χ0v) is 19.3. The monoisotopic (exact) mass is 482 g/mol. The average molecular weight is 483 g/mol. The van der Waals surface area contributed by atoms with E-state index in [1.807, 2.05) is 0 Å². The van der Waals surface area contributed by atoms with Gasteiger partial charge in [-0.25, -0.2) is 18.2 Å². The number of benzene rings is 2. The Balaban J connectivity index is 1.49. The fourth-order valence-corrected chi connectivity index (χ4v) is 4.44. The molecule has 2 aromatic carbocycles. The summed E-state index contributed by atoms with van der Waals surface area (Å²) >= 11 is 0. The molecule has 0 saturated carbocycles. The van der Waals surface area contributed by atoms with E-state index in [4.69, 9.17) is 9.72 Å².